The van der Waals surface area contributed by atoms with Crippen LogP contribution in [0.5, 0.6) is 0 Å². The Bertz CT molecular complexity index is 161. The zero-order valence-corrected chi connectivity index (χ0v) is 11.4. The van der Waals surface area contributed by atoms with Gasteiger partial charge in [-0.1, -0.05) is 26.7 Å². The summed E-state index contributed by atoms with van der Waals surface area (Å²) >= 11 is 2.15. The Kier molecular flexibility index (Phi) is 6.74. The van der Waals surface area contributed by atoms with Crippen LogP contribution < -0.4 is 5.32 Å². The van der Waals surface area contributed by atoms with Gasteiger partial charge < -0.3 is 5.32 Å². The highest BCUT2D eigenvalue weighted by Gasteiger charge is 2.24. The Labute approximate surface area is 99.8 Å². The van der Waals surface area contributed by atoms with Crippen molar-refractivity contribution in [1.82, 2.24) is 5.32 Å². The van der Waals surface area contributed by atoms with Crippen LogP contribution in [0.1, 0.15) is 59.3 Å². The molecule has 1 nitrogen and oxygen atoms in total. The monoisotopic (exact) mass is 229 g/mol. The summed E-state index contributed by atoms with van der Waals surface area (Å²) in [6, 6.07) is 1.53. The predicted octanol–water partition coefficient (Wildman–Crippen LogP) is 3.83. The maximum Gasteiger partial charge on any atom is 0.00804 e. The van der Waals surface area contributed by atoms with E-state index in [0.717, 1.165) is 17.3 Å². The lowest BCUT2D eigenvalue weighted by Gasteiger charge is -2.19. The molecule has 0 amide bonds. The van der Waals surface area contributed by atoms with Crippen molar-refractivity contribution in [2.45, 2.75) is 76.6 Å². The smallest absolute Gasteiger partial charge is 0.00804 e. The van der Waals surface area contributed by atoms with Crippen molar-refractivity contribution >= 4 is 11.8 Å². The maximum atomic E-state index is 3.79. The number of hydrogen-bond donors (Lipinski definition) is 1. The SMILES string of the molecule is CCCCC(C)NC1CCC(SCC)C1. The van der Waals surface area contributed by atoms with Crippen molar-refractivity contribution < 1.29 is 0 Å². The quantitative estimate of drug-likeness (QED) is 0.712. The molecular weight excluding hydrogens is 202 g/mol. The van der Waals surface area contributed by atoms with E-state index < -0.39 is 0 Å². The van der Waals surface area contributed by atoms with Crippen molar-refractivity contribution in [3.8, 4) is 0 Å². The van der Waals surface area contributed by atoms with E-state index in [2.05, 4.69) is 37.8 Å². The first-order valence-electron chi connectivity index (χ1n) is 6.63. The third-order valence-electron chi connectivity index (χ3n) is 3.30. The predicted molar refractivity (Wildman–Crippen MR) is 71.7 cm³/mol. The van der Waals surface area contributed by atoms with Gasteiger partial charge in [-0.3, -0.25) is 0 Å². The van der Waals surface area contributed by atoms with Crippen LogP contribution in [-0.4, -0.2) is 23.1 Å². The molecule has 15 heavy (non-hydrogen) atoms. The molecular formula is C13H27NS. The average molecular weight is 229 g/mol. The van der Waals surface area contributed by atoms with Gasteiger partial charge in [-0.15, -0.1) is 0 Å². The summed E-state index contributed by atoms with van der Waals surface area (Å²) < 4.78 is 0. The lowest BCUT2D eigenvalue weighted by atomic mass is 10.1. The molecule has 0 heterocycles. The van der Waals surface area contributed by atoms with Crippen molar-refractivity contribution in [2.75, 3.05) is 5.75 Å². The second-order valence-electron chi connectivity index (χ2n) is 4.80. The molecule has 0 saturated heterocycles. The molecule has 1 saturated carbocycles. The van der Waals surface area contributed by atoms with Crippen LogP contribution in [-0.2, 0) is 0 Å². The zero-order valence-electron chi connectivity index (χ0n) is 10.6. The average Bonchev–Trinajstić information content (AvgIpc) is 2.63. The molecule has 2 heteroatoms. The second-order valence-corrected chi connectivity index (χ2v) is 6.37. The van der Waals surface area contributed by atoms with Crippen LogP contribution in [0.2, 0.25) is 0 Å². The Morgan fingerprint density at radius 1 is 1.33 bits per heavy atom. The van der Waals surface area contributed by atoms with E-state index >= 15 is 0 Å². The van der Waals surface area contributed by atoms with E-state index in [4.69, 9.17) is 0 Å². The normalized spacial score (nSPS) is 28.2. The van der Waals surface area contributed by atoms with Gasteiger partial charge in [0.15, 0.2) is 0 Å². The van der Waals surface area contributed by atoms with E-state index in [1.165, 1.54) is 44.3 Å². The van der Waals surface area contributed by atoms with Gasteiger partial charge in [-0.25, -0.2) is 0 Å². The highest BCUT2D eigenvalue weighted by Crippen LogP contribution is 2.30. The van der Waals surface area contributed by atoms with Crippen LogP contribution >= 0.6 is 11.8 Å². The van der Waals surface area contributed by atoms with Gasteiger partial charge in [-0.2, -0.15) is 11.8 Å². The summed E-state index contributed by atoms with van der Waals surface area (Å²) in [5.41, 5.74) is 0. The largest absolute Gasteiger partial charge is 0.311 e. The number of unbranched alkanes of at least 4 members (excludes halogenated alkanes) is 1. The van der Waals surface area contributed by atoms with E-state index in [9.17, 15) is 0 Å². The Morgan fingerprint density at radius 3 is 2.80 bits per heavy atom. The fourth-order valence-electron chi connectivity index (χ4n) is 2.47. The topological polar surface area (TPSA) is 12.0 Å². The van der Waals surface area contributed by atoms with Gasteiger partial charge in [0, 0.05) is 17.3 Å². The van der Waals surface area contributed by atoms with Gasteiger partial charge >= 0.3 is 0 Å². The third kappa shape index (κ3) is 5.26. The molecule has 0 bridgehead atoms. The molecule has 0 spiro atoms. The van der Waals surface area contributed by atoms with Crippen LogP contribution in [0.25, 0.3) is 0 Å². The number of nitrogens with one attached hydrogen (secondary N) is 1. The van der Waals surface area contributed by atoms with Crippen LogP contribution in [0.3, 0.4) is 0 Å². The summed E-state index contributed by atoms with van der Waals surface area (Å²) in [6.45, 7) is 6.89. The summed E-state index contributed by atoms with van der Waals surface area (Å²) in [4.78, 5) is 0. The third-order valence-corrected chi connectivity index (χ3v) is 4.53. The van der Waals surface area contributed by atoms with Gasteiger partial charge in [0.05, 0.1) is 0 Å². The fraction of sp³-hybridized carbons (Fsp3) is 1.00. The van der Waals surface area contributed by atoms with Crippen molar-refractivity contribution in [1.29, 1.82) is 0 Å². The summed E-state index contributed by atoms with van der Waals surface area (Å²) in [6.07, 6.45) is 8.26. The highest BCUT2D eigenvalue weighted by molar-refractivity contribution is 7.99. The molecule has 1 N–H and O–H groups in total. The minimum absolute atomic E-state index is 0.723. The lowest BCUT2D eigenvalue weighted by Crippen LogP contribution is -2.34. The lowest BCUT2D eigenvalue weighted by molar-refractivity contribution is 0.423. The van der Waals surface area contributed by atoms with E-state index in [1.807, 2.05) is 0 Å². The van der Waals surface area contributed by atoms with E-state index in [-0.39, 0.29) is 0 Å². The Balaban J connectivity index is 2.12. The first-order valence-corrected chi connectivity index (χ1v) is 7.68. The van der Waals surface area contributed by atoms with Crippen LogP contribution in [0.15, 0.2) is 0 Å². The van der Waals surface area contributed by atoms with Crippen molar-refractivity contribution in [3.63, 3.8) is 0 Å². The molecule has 0 aliphatic heterocycles. The molecule has 3 atom stereocenters. The van der Waals surface area contributed by atoms with E-state index in [0.29, 0.717) is 0 Å². The van der Waals surface area contributed by atoms with Crippen LogP contribution in [0.4, 0.5) is 0 Å². The standard InChI is InChI=1S/C13H27NS/c1-4-6-7-11(3)14-12-8-9-13(10-12)15-5-2/h11-14H,4-10H2,1-3H3. The molecule has 1 aliphatic rings. The molecule has 3 unspecified atom stereocenters. The minimum Gasteiger partial charge on any atom is -0.311 e. The molecule has 0 aromatic rings. The maximum absolute atomic E-state index is 3.79. The highest BCUT2D eigenvalue weighted by atomic mass is 32.2. The Hall–Kier alpha value is 0.310. The Morgan fingerprint density at radius 2 is 2.13 bits per heavy atom. The fourth-order valence-corrected chi connectivity index (χ4v) is 3.62. The molecule has 0 aromatic heterocycles. The number of thioether (sulfide) groups is 1. The van der Waals surface area contributed by atoms with Gasteiger partial charge in [0.2, 0.25) is 0 Å². The molecule has 1 fully saturated rings. The summed E-state index contributed by atoms with van der Waals surface area (Å²) in [7, 11) is 0. The summed E-state index contributed by atoms with van der Waals surface area (Å²) in [5.74, 6) is 1.28. The molecule has 1 rings (SSSR count). The minimum atomic E-state index is 0.723. The van der Waals surface area contributed by atoms with Gasteiger partial charge in [-0.05, 0) is 38.4 Å². The summed E-state index contributed by atoms with van der Waals surface area (Å²) in [5, 5.41) is 4.72. The molecule has 0 aromatic carbocycles. The molecule has 90 valence electrons. The van der Waals surface area contributed by atoms with Crippen LogP contribution in [0, 0.1) is 0 Å². The number of hydrogen-bond acceptors (Lipinski definition) is 2. The first kappa shape index (κ1) is 13.4. The number of rotatable bonds is 7. The first-order chi connectivity index (χ1) is 7.26. The van der Waals surface area contributed by atoms with Crippen molar-refractivity contribution in [3.05, 3.63) is 0 Å². The van der Waals surface area contributed by atoms with Crippen molar-refractivity contribution in [2.24, 2.45) is 0 Å². The van der Waals surface area contributed by atoms with Gasteiger partial charge in [0.1, 0.15) is 0 Å². The zero-order chi connectivity index (χ0) is 11.1. The molecule has 1 aliphatic carbocycles. The second kappa shape index (κ2) is 7.56. The van der Waals surface area contributed by atoms with Gasteiger partial charge in [0.25, 0.3) is 0 Å². The van der Waals surface area contributed by atoms with E-state index in [1.54, 1.807) is 0 Å². The molecule has 0 radical (unpaired) electrons.